The van der Waals surface area contributed by atoms with E-state index in [2.05, 4.69) is 52.6 Å². The molecule has 0 amide bonds. The number of rotatable bonds is 9. The molecule has 3 aromatic heterocycles. The van der Waals surface area contributed by atoms with E-state index in [0.717, 1.165) is 42.7 Å². The van der Waals surface area contributed by atoms with E-state index in [1.54, 1.807) is 0 Å². The number of aromatic nitrogens is 6. The highest BCUT2D eigenvalue weighted by atomic mass is 16.5. The molecule has 1 unspecified atom stereocenters. The lowest BCUT2D eigenvalue weighted by Gasteiger charge is -2.38. The van der Waals surface area contributed by atoms with Crippen molar-refractivity contribution in [3.05, 3.63) is 10.6 Å². The number of fused-ring (bicyclic) bond motifs is 1. The SMILES string of the molecule is CC(C)CC1CCCCN1c1nc2nc(-c3noc(=O)[nH]3)nc(N[C@H](C)C3CCC3)c2n1CC1CCC(C)CC1. The molecule has 10 nitrogen and oxygen atoms in total. The van der Waals surface area contributed by atoms with E-state index in [1.165, 1.54) is 64.2 Å². The van der Waals surface area contributed by atoms with Gasteiger partial charge in [0.1, 0.15) is 5.52 Å². The number of nitrogens with zero attached hydrogens (tertiary/aromatic N) is 6. The molecule has 0 bridgehead atoms. The fraction of sp³-hybridized carbons (Fsp3) is 0.767. The first-order valence-corrected chi connectivity index (χ1v) is 15.7. The van der Waals surface area contributed by atoms with E-state index >= 15 is 0 Å². The van der Waals surface area contributed by atoms with Crippen molar-refractivity contribution < 1.29 is 4.52 Å². The Hall–Kier alpha value is -2.91. The summed E-state index contributed by atoms with van der Waals surface area (Å²) in [6.07, 6.45) is 13.6. The molecule has 2 saturated carbocycles. The molecular weight excluding hydrogens is 504 g/mol. The summed E-state index contributed by atoms with van der Waals surface area (Å²) in [5, 5.41) is 7.67. The normalized spacial score (nSPS) is 24.9. The van der Waals surface area contributed by atoms with Crippen LogP contribution in [0.5, 0.6) is 0 Å². The third-order valence-electron chi connectivity index (χ3n) is 9.66. The number of anilines is 2. The molecule has 0 spiro atoms. The third kappa shape index (κ3) is 5.63. The number of piperidine rings is 1. The molecule has 40 heavy (non-hydrogen) atoms. The van der Waals surface area contributed by atoms with Gasteiger partial charge in [-0.2, -0.15) is 4.98 Å². The van der Waals surface area contributed by atoms with Gasteiger partial charge in [0.15, 0.2) is 11.5 Å². The molecule has 2 aliphatic carbocycles. The van der Waals surface area contributed by atoms with Crippen LogP contribution in [0.4, 0.5) is 11.8 Å². The maximum atomic E-state index is 11.8. The lowest BCUT2D eigenvalue weighted by atomic mass is 9.80. The third-order valence-corrected chi connectivity index (χ3v) is 9.66. The Balaban J connectivity index is 1.48. The van der Waals surface area contributed by atoms with E-state index in [1.807, 2.05) is 0 Å². The van der Waals surface area contributed by atoms with Crippen LogP contribution in [0.25, 0.3) is 22.8 Å². The first-order chi connectivity index (χ1) is 19.4. The summed E-state index contributed by atoms with van der Waals surface area (Å²) in [5.41, 5.74) is 1.63. The smallest absolute Gasteiger partial charge is 0.365 e. The van der Waals surface area contributed by atoms with Crippen LogP contribution in [0.1, 0.15) is 98.3 Å². The van der Waals surface area contributed by atoms with E-state index in [9.17, 15) is 4.79 Å². The van der Waals surface area contributed by atoms with Crippen LogP contribution in [0.2, 0.25) is 0 Å². The Kier molecular flexibility index (Phi) is 7.86. The largest absolute Gasteiger partial charge is 0.439 e. The molecule has 3 aliphatic rings. The topological polar surface area (TPSA) is 118 Å². The molecule has 2 N–H and O–H groups in total. The Morgan fingerprint density at radius 3 is 2.48 bits per heavy atom. The van der Waals surface area contributed by atoms with E-state index < -0.39 is 5.76 Å². The number of hydrogen-bond donors (Lipinski definition) is 2. The van der Waals surface area contributed by atoms with Crippen molar-refractivity contribution in [1.82, 2.24) is 29.7 Å². The van der Waals surface area contributed by atoms with Gasteiger partial charge in [0, 0.05) is 25.2 Å². The van der Waals surface area contributed by atoms with Gasteiger partial charge in [-0.1, -0.05) is 45.2 Å². The summed E-state index contributed by atoms with van der Waals surface area (Å²) >= 11 is 0. The van der Waals surface area contributed by atoms with Crippen LogP contribution in [-0.4, -0.2) is 48.3 Å². The van der Waals surface area contributed by atoms with Crippen molar-refractivity contribution >= 4 is 22.9 Å². The zero-order valence-electron chi connectivity index (χ0n) is 24.7. The standard InChI is InChI=1S/C30H46N8O2/c1-18(2)16-23-10-5-6-15-37(23)29-34-26-24(38(29)17-21-13-11-19(3)12-14-21)25(31-20(4)22-8-7-9-22)32-27(33-26)28-35-30(39)40-36-28/h18-23H,5-17H2,1-4H3,(H,31,32,33)(H,35,36,39)/t19?,20-,21?,23?/m1/s1. The second kappa shape index (κ2) is 11.5. The minimum Gasteiger partial charge on any atom is -0.365 e. The van der Waals surface area contributed by atoms with Crippen LogP contribution in [0.3, 0.4) is 0 Å². The van der Waals surface area contributed by atoms with E-state index in [0.29, 0.717) is 35.3 Å². The molecule has 1 aliphatic heterocycles. The van der Waals surface area contributed by atoms with Crippen molar-refractivity contribution in [1.29, 1.82) is 0 Å². The van der Waals surface area contributed by atoms with Gasteiger partial charge < -0.3 is 14.8 Å². The summed E-state index contributed by atoms with van der Waals surface area (Å²) in [4.78, 5) is 32.1. The van der Waals surface area contributed by atoms with E-state index in [4.69, 9.17) is 19.5 Å². The molecule has 3 aromatic rings. The molecule has 3 fully saturated rings. The molecule has 2 atom stereocenters. The van der Waals surface area contributed by atoms with Gasteiger partial charge in [-0.3, -0.25) is 9.51 Å². The molecule has 0 radical (unpaired) electrons. The lowest BCUT2D eigenvalue weighted by Crippen LogP contribution is -2.42. The molecule has 1 saturated heterocycles. The highest BCUT2D eigenvalue weighted by Crippen LogP contribution is 2.38. The molecule has 6 rings (SSSR count). The van der Waals surface area contributed by atoms with E-state index in [-0.39, 0.29) is 11.9 Å². The van der Waals surface area contributed by atoms with Crippen molar-refractivity contribution in [3.63, 3.8) is 0 Å². The Labute approximate surface area is 236 Å². The first-order valence-electron chi connectivity index (χ1n) is 15.7. The van der Waals surface area contributed by atoms with Gasteiger partial charge in [-0.15, -0.1) is 0 Å². The number of H-pyrrole nitrogens is 1. The van der Waals surface area contributed by atoms with Crippen molar-refractivity contribution in [2.45, 2.75) is 117 Å². The summed E-state index contributed by atoms with van der Waals surface area (Å²) < 4.78 is 7.25. The summed E-state index contributed by atoms with van der Waals surface area (Å²) in [6, 6.07) is 0.752. The fourth-order valence-corrected chi connectivity index (χ4v) is 7.05. The Morgan fingerprint density at radius 2 is 1.80 bits per heavy atom. The predicted octanol–water partition coefficient (Wildman–Crippen LogP) is 6.00. The van der Waals surface area contributed by atoms with Crippen LogP contribution < -0.4 is 16.0 Å². The first kappa shape index (κ1) is 27.3. The number of nitrogens with one attached hydrogen (secondary N) is 2. The molecule has 218 valence electrons. The minimum absolute atomic E-state index is 0.235. The van der Waals surface area contributed by atoms with Gasteiger partial charge in [0.25, 0.3) is 0 Å². The molecule has 10 heteroatoms. The lowest BCUT2D eigenvalue weighted by molar-refractivity contribution is 0.265. The maximum absolute atomic E-state index is 11.8. The minimum atomic E-state index is -0.612. The highest BCUT2D eigenvalue weighted by Gasteiger charge is 2.32. The van der Waals surface area contributed by atoms with Gasteiger partial charge in [0.2, 0.25) is 17.6 Å². The second-order valence-electron chi connectivity index (χ2n) is 13.3. The zero-order valence-corrected chi connectivity index (χ0v) is 24.7. The number of imidazole rings is 1. The van der Waals surface area contributed by atoms with Gasteiger partial charge in [0.05, 0.1) is 0 Å². The Morgan fingerprint density at radius 1 is 1.00 bits per heavy atom. The van der Waals surface area contributed by atoms with Gasteiger partial charge in [-0.25, -0.2) is 14.8 Å². The highest BCUT2D eigenvalue weighted by molar-refractivity contribution is 5.87. The van der Waals surface area contributed by atoms with Crippen molar-refractivity contribution in [2.75, 3.05) is 16.8 Å². The van der Waals surface area contributed by atoms with Crippen LogP contribution >= 0.6 is 0 Å². The average Bonchev–Trinajstić information content (AvgIpc) is 3.48. The fourth-order valence-electron chi connectivity index (χ4n) is 7.05. The van der Waals surface area contributed by atoms with Gasteiger partial charge >= 0.3 is 5.76 Å². The second-order valence-corrected chi connectivity index (χ2v) is 13.3. The monoisotopic (exact) mass is 550 g/mol. The molecule has 0 aromatic carbocycles. The van der Waals surface area contributed by atoms with Crippen molar-refractivity contribution in [3.8, 4) is 11.6 Å². The van der Waals surface area contributed by atoms with Crippen LogP contribution in [-0.2, 0) is 6.54 Å². The summed E-state index contributed by atoms with van der Waals surface area (Å²) in [7, 11) is 0. The zero-order chi connectivity index (χ0) is 27.8. The average molecular weight is 551 g/mol. The molecular formula is C30H46N8O2. The predicted molar refractivity (Wildman–Crippen MR) is 157 cm³/mol. The quantitative estimate of drug-likeness (QED) is 0.333. The van der Waals surface area contributed by atoms with Crippen molar-refractivity contribution in [2.24, 2.45) is 23.7 Å². The maximum Gasteiger partial charge on any atom is 0.439 e. The Bertz CT molecular complexity index is 1350. The summed E-state index contributed by atoms with van der Waals surface area (Å²) in [5.74, 6) is 4.45. The molecule has 4 heterocycles. The summed E-state index contributed by atoms with van der Waals surface area (Å²) in [6.45, 7) is 11.2. The van der Waals surface area contributed by atoms with Gasteiger partial charge in [-0.05, 0) is 82.0 Å². The number of aromatic amines is 1. The van der Waals surface area contributed by atoms with Crippen LogP contribution in [0.15, 0.2) is 9.32 Å². The van der Waals surface area contributed by atoms with Crippen LogP contribution in [0, 0.1) is 23.7 Å². The number of hydrogen-bond acceptors (Lipinski definition) is 8.